The number of piperidine rings is 1. The maximum Gasteiger partial charge on any atom is 0.253 e. The highest BCUT2D eigenvalue weighted by atomic mass is 19.1. The Bertz CT molecular complexity index is 972. The van der Waals surface area contributed by atoms with E-state index in [2.05, 4.69) is 10.6 Å². The van der Waals surface area contributed by atoms with Crippen molar-refractivity contribution in [1.82, 2.24) is 15.5 Å². The van der Waals surface area contributed by atoms with E-state index in [0.717, 1.165) is 5.56 Å². The number of aryl methyl sites for hydroxylation is 1. The number of hydrogen-bond donors (Lipinski definition) is 2. The lowest BCUT2D eigenvalue weighted by atomic mass is 9.88. The van der Waals surface area contributed by atoms with Gasteiger partial charge in [-0.3, -0.25) is 14.4 Å². The molecule has 1 atom stereocenters. The van der Waals surface area contributed by atoms with Gasteiger partial charge in [-0.15, -0.1) is 0 Å². The summed E-state index contributed by atoms with van der Waals surface area (Å²) < 4.78 is 18.5. The summed E-state index contributed by atoms with van der Waals surface area (Å²) in [5.74, 6) is -1.43. The molecule has 3 rings (SSSR count). The second kappa shape index (κ2) is 11.6. The van der Waals surface area contributed by atoms with E-state index in [4.69, 9.17) is 4.74 Å². The van der Waals surface area contributed by atoms with Crippen molar-refractivity contribution in [3.05, 3.63) is 71.0 Å². The first-order valence-electron chi connectivity index (χ1n) is 11.1. The molecular formula is C25H30FN3O4. The highest BCUT2D eigenvalue weighted by Crippen LogP contribution is 2.23. The van der Waals surface area contributed by atoms with Gasteiger partial charge in [0.05, 0.1) is 6.61 Å². The first-order chi connectivity index (χ1) is 15.9. The molecule has 176 valence electrons. The van der Waals surface area contributed by atoms with Gasteiger partial charge in [0, 0.05) is 37.9 Å². The zero-order chi connectivity index (χ0) is 23.8. The van der Waals surface area contributed by atoms with E-state index in [1.165, 1.54) is 18.2 Å². The number of nitrogens with zero attached hydrogens (tertiary/aromatic N) is 1. The second-order valence-corrected chi connectivity index (χ2v) is 8.24. The lowest BCUT2D eigenvalue weighted by Crippen LogP contribution is -2.54. The third-order valence-electron chi connectivity index (χ3n) is 5.86. The third-order valence-corrected chi connectivity index (χ3v) is 5.86. The number of rotatable bonds is 8. The molecule has 33 heavy (non-hydrogen) atoms. The molecule has 0 aromatic heterocycles. The minimum absolute atomic E-state index is 0.140. The van der Waals surface area contributed by atoms with Crippen molar-refractivity contribution in [3.8, 4) is 0 Å². The maximum atomic E-state index is 13.5. The fourth-order valence-corrected chi connectivity index (χ4v) is 3.95. The quantitative estimate of drug-likeness (QED) is 0.599. The summed E-state index contributed by atoms with van der Waals surface area (Å²) in [7, 11) is 1.55. The van der Waals surface area contributed by atoms with Crippen LogP contribution in [-0.4, -0.2) is 62.0 Å². The summed E-state index contributed by atoms with van der Waals surface area (Å²) >= 11 is 0. The Morgan fingerprint density at radius 1 is 1.09 bits per heavy atom. The van der Waals surface area contributed by atoms with Crippen LogP contribution >= 0.6 is 0 Å². The van der Waals surface area contributed by atoms with Crippen LogP contribution < -0.4 is 10.6 Å². The summed E-state index contributed by atoms with van der Waals surface area (Å²) in [5.41, 5.74) is 1.82. The number of carbonyl (C=O) groups is 3. The number of benzene rings is 2. The molecule has 1 aliphatic rings. The normalized spacial score (nSPS) is 15.1. The Morgan fingerprint density at radius 3 is 2.42 bits per heavy atom. The molecule has 1 fully saturated rings. The SMILES string of the molecule is COCCNC(=O)C(NC(=O)c1ccc(C)cc1)C1CCN(C(=O)c2cccc(F)c2)CC1. The summed E-state index contributed by atoms with van der Waals surface area (Å²) in [4.78, 5) is 40.1. The summed E-state index contributed by atoms with van der Waals surface area (Å²) in [5, 5.41) is 5.70. The molecule has 2 aromatic rings. The Hall–Kier alpha value is -3.26. The number of amides is 3. The van der Waals surface area contributed by atoms with Gasteiger partial charge in [0.2, 0.25) is 5.91 Å². The molecule has 1 saturated heterocycles. The molecule has 8 heteroatoms. The molecule has 0 spiro atoms. The monoisotopic (exact) mass is 455 g/mol. The van der Waals surface area contributed by atoms with Crippen LogP contribution in [-0.2, 0) is 9.53 Å². The van der Waals surface area contributed by atoms with Crippen LogP contribution in [0.2, 0.25) is 0 Å². The molecule has 0 aliphatic carbocycles. The van der Waals surface area contributed by atoms with Crippen LogP contribution in [0, 0.1) is 18.7 Å². The van der Waals surface area contributed by atoms with Crippen molar-refractivity contribution in [2.75, 3.05) is 33.4 Å². The predicted octanol–water partition coefficient (Wildman–Crippen LogP) is 2.55. The van der Waals surface area contributed by atoms with Crippen LogP contribution in [0.1, 0.15) is 39.1 Å². The molecule has 2 aromatic carbocycles. The Kier molecular flexibility index (Phi) is 8.54. The highest BCUT2D eigenvalue weighted by Gasteiger charge is 2.34. The van der Waals surface area contributed by atoms with E-state index in [1.807, 2.05) is 19.1 Å². The number of nitrogens with one attached hydrogen (secondary N) is 2. The van der Waals surface area contributed by atoms with Crippen LogP contribution in [0.4, 0.5) is 4.39 Å². The fraction of sp³-hybridized carbons (Fsp3) is 0.400. The zero-order valence-corrected chi connectivity index (χ0v) is 19.0. The molecule has 1 aliphatic heterocycles. The van der Waals surface area contributed by atoms with Crippen molar-refractivity contribution < 1.29 is 23.5 Å². The molecule has 0 saturated carbocycles. The number of halogens is 1. The number of likely N-dealkylation sites (tertiary alicyclic amines) is 1. The number of hydrogen-bond acceptors (Lipinski definition) is 4. The first-order valence-corrected chi connectivity index (χ1v) is 11.1. The molecule has 1 unspecified atom stereocenters. The van der Waals surface area contributed by atoms with Crippen molar-refractivity contribution in [2.24, 2.45) is 5.92 Å². The number of ether oxygens (including phenoxy) is 1. The molecule has 0 radical (unpaired) electrons. The Morgan fingerprint density at radius 2 is 1.79 bits per heavy atom. The first kappa shape index (κ1) is 24.4. The van der Waals surface area contributed by atoms with E-state index in [9.17, 15) is 18.8 Å². The molecule has 3 amide bonds. The molecule has 0 bridgehead atoms. The Balaban J connectivity index is 1.67. The van der Waals surface area contributed by atoms with Gasteiger partial charge < -0.3 is 20.3 Å². The molecule has 7 nitrogen and oxygen atoms in total. The van der Waals surface area contributed by atoms with E-state index in [0.29, 0.717) is 50.2 Å². The minimum atomic E-state index is -0.734. The summed E-state index contributed by atoms with van der Waals surface area (Å²) in [6.45, 7) is 3.48. The van der Waals surface area contributed by atoms with Gasteiger partial charge in [0.1, 0.15) is 11.9 Å². The predicted molar refractivity (Wildman–Crippen MR) is 122 cm³/mol. The maximum absolute atomic E-state index is 13.5. The molecule has 2 N–H and O–H groups in total. The van der Waals surface area contributed by atoms with Gasteiger partial charge in [-0.25, -0.2) is 4.39 Å². The second-order valence-electron chi connectivity index (χ2n) is 8.24. The standard InChI is InChI=1S/C25H30FN3O4/c1-17-6-8-19(9-7-17)23(30)28-22(24(31)27-12-15-33-2)18-10-13-29(14-11-18)25(32)20-4-3-5-21(26)16-20/h3-9,16,18,22H,10-15H2,1-2H3,(H,27,31)(H,28,30). The van der Waals surface area contributed by atoms with E-state index in [1.54, 1.807) is 30.2 Å². The van der Waals surface area contributed by atoms with Crippen molar-refractivity contribution in [2.45, 2.75) is 25.8 Å². The lowest BCUT2D eigenvalue weighted by molar-refractivity contribution is -0.124. The smallest absolute Gasteiger partial charge is 0.253 e. The van der Waals surface area contributed by atoms with Crippen molar-refractivity contribution in [1.29, 1.82) is 0 Å². The van der Waals surface area contributed by atoms with Gasteiger partial charge in [-0.05, 0) is 56.0 Å². The van der Waals surface area contributed by atoms with Crippen molar-refractivity contribution >= 4 is 17.7 Å². The van der Waals surface area contributed by atoms with Crippen LogP contribution in [0.25, 0.3) is 0 Å². The van der Waals surface area contributed by atoms with Gasteiger partial charge in [-0.2, -0.15) is 0 Å². The van der Waals surface area contributed by atoms with Gasteiger partial charge >= 0.3 is 0 Å². The van der Waals surface area contributed by atoms with Crippen LogP contribution in [0.5, 0.6) is 0 Å². The largest absolute Gasteiger partial charge is 0.383 e. The molecular weight excluding hydrogens is 425 g/mol. The van der Waals surface area contributed by atoms with Crippen molar-refractivity contribution in [3.63, 3.8) is 0 Å². The average molecular weight is 456 g/mol. The van der Waals surface area contributed by atoms with Crippen LogP contribution in [0.3, 0.4) is 0 Å². The fourth-order valence-electron chi connectivity index (χ4n) is 3.95. The van der Waals surface area contributed by atoms with Gasteiger partial charge in [-0.1, -0.05) is 23.8 Å². The number of methoxy groups -OCH3 is 1. The highest BCUT2D eigenvalue weighted by molar-refractivity contribution is 5.97. The number of carbonyl (C=O) groups excluding carboxylic acids is 3. The minimum Gasteiger partial charge on any atom is -0.383 e. The van der Waals surface area contributed by atoms with E-state index in [-0.39, 0.29) is 23.6 Å². The van der Waals surface area contributed by atoms with Crippen LogP contribution in [0.15, 0.2) is 48.5 Å². The van der Waals surface area contributed by atoms with E-state index < -0.39 is 11.9 Å². The topological polar surface area (TPSA) is 87.7 Å². The Labute approximate surface area is 193 Å². The lowest BCUT2D eigenvalue weighted by Gasteiger charge is -2.36. The third kappa shape index (κ3) is 6.61. The molecule has 1 heterocycles. The van der Waals surface area contributed by atoms with Gasteiger partial charge in [0.15, 0.2) is 0 Å². The zero-order valence-electron chi connectivity index (χ0n) is 19.0. The van der Waals surface area contributed by atoms with Gasteiger partial charge in [0.25, 0.3) is 11.8 Å². The van der Waals surface area contributed by atoms with E-state index >= 15 is 0 Å². The summed E-state index contributed by atoms with van der Waals surface area (Å²) in [6.07, 6.45) is 1.08. The summed E-state index contributed by atoms with van der Waals surface area (Å²) in [6, 6.07) is 12.0. The average Bonchev–Trinajstić information content (AvgIpc) is 2.82.